The Kier molecular flexibility index (Phi) is 3.90. The minimum Gasteiger partial charge on any atom is -0.217 e. The number of aromatic nitrogens is 3. The summed E-state index contributed by atoms with van der Waals surface area (Å²) in [4.78, 5) is 0. The summed E-state index contributed by atoms with van der Waals surface area (Å²) in [5, 5.41) is 8.79. The van der Waals surface area contributed by atoms with E-state index in [2.05, 4.69) is 84.8 Å². The van der Waals surface area contributed by atoms with Gasteiger partial charge in [0, 0.05) is 5.56 Å². The normalized spacial score (nSPS) is 10.8. The molecule has 0 radical (unpaired) electrons. The Morgan fingerprint density at radius 1 is 0.640 bits per heavy atom. The summed E-state index contributed by atoms with van der Waals surface area (Å²) >= 11 is 0. The quantitative estimate of drug-likeness (QED) is 0.517. The summed E-state index contributed by atoms with van der Waals surface area (Å²) in [6.45, 7) is 4.15. The molecule has 25 heavy (non-hydrogen) atoms. The van der Waals surface area contributed by atoms with Crippen molar-refractivity contribution in [3.8, 4) is 28.1 Å². The maximum atomic E-state index is 4.42. The Morgan fingerprint density at radius 2 is 1.24 bits per heavy atom. The van der Waals surface area contributed by atoms with E-state index in [1.807, 2.05) is 22.9 Å². The molecule has 0 saturated carbocycles. The van der Waals surface area contributed by atoms with Crippen molar-refractivity contribution in [1.29, 1.82) is 0 Å². The molecule has 0 unspecified atom stereocenters. The van der Waals surface area contributed by atoms with E-state index in [0.29, 0.717) is 0 Å². The van der Waals surface area contributed by atoms with Crippen molar-refractivity contribution in [1.82, 2.24) is 15.0 Å². The Labute approximate surface area is 147 Å². The molecule has 3 aromatic carbocycles. The van der Waals surface area contributed by atoms with Crippen molar-refractivity contribution < 1.29 is 0 Å². The molecule has 3 nitrogen and oxygen atoms in total. The van der Waals surface area contributed by atoms with Crippen LogP contribution in [0.4, 0.5) is 0 Å². The Hall–Kier alpha value is -3.20. The molecule has 0 aliphatic heterocycles. The summed E-state index contributed by atoms with van der Waals surface area (Å²) in [5.41, 5.74) is 7.71. The zero-order valence-corrected chi connectivity index (χ0v) is 14.3. The lowest BCUT2D eigenvalue weighted by molar-refractivity contribution is 0.781. The molecule has 3 heteroatoms. The Balaban J connectivity index is 1.71. The monoisotopic (exact) mass is 325 g/mol. The second-order valence-electron chi connectivity index (χ2n) is 6.17. The van der Waals surface area contributed by atoms with Crippen molar-refractivity contribution in [3.63, 3.8) is 0 Å². The molecule has 1 heterocycles. The molecule has 0 bridgehead atoms. The first kappa shape index (κ1) is 15.3. The van der Waals surface area contributed by atoms with Crippen LogP contribution in [0.1, 0.15) is 11.3 Å². The smallest absolute Gasteiger partial charge is 0.116 e. The van der Waals surface area contributed by atoms with E-state index >= 15 is 0 Å². The average molecular weight is 325 g/mol. The third-order valence-electron chi connectivity index (χ3n) is 4.50. The second-order valence-corrected chi connectivity index (χ2v) is 6.17. The molecule has 0 spiro atoms. The van der Waals surface area contributed by atoms with Crippen LogP contribution in [0.3, 0.4) is 0 Å². The van der Waals surface area contributed by atoms with Crippen LogP contribution < -0.4 is 0 Å². The first-order valence-electron chi connectivity index (χ1n) is 8.38. The van der Waals surface area contributed by atoms with Gasteiger partial charge in [-0.2, -0.15) is 0 Å². The van der Waals surface area contributed by atoms with Gasteiger partial charge >= 0.3 is 0 Å². The van der Waals surface area contributed by atoms with Crippen LogP contribution in [-0.2, 0) is 0 Å². The SMILES string of the molecule is Cc1ccccc1-n1nnc(-c2ccc(-c3ccccc3)cc2)c1C. The van der Waals surface area contributed by atoms with Crippen LogP contribution in [0.15, 0.2) is 78.9 Å². The maximum absolute atomic E-state index is 4.42. The van der Waals surface area contributed by atoms with Crippen LogP contribution in [0.25, 0.3) is 28.1 Å². The standard InChI is InChI=1S/C22H19N3/c1-16-8-6-7-11-21(16)25-17(2)22(23-24-25)20-14-12-19(13-15-20)18-9-4-3-5-10-18/h3-15H,1-2H3. The van der Waals surface area contributed by atoms with Crippen molar-refractivity contribution in [2.45, 2.75) is 13.8 Å². The predicted molar refractivity (Wildman–Crippen MR) is 102 cm³/mol. The molecule has 4 aromatic rings. The zero-order valence-electron chi connectivity index (χ0n) is 14.3. The van der Waals surface area contributed by atoms with Gasteiger partial charge in [-0.3, -0.25) is 0 Å². The largest absolute Gasteiger partial charge is 0.217 e. The lowest BCUT2D eigenvalue weighted by atomic mass is 10.0. The number of benzene rings is 3. The van der Waals surface area contributed by atoms with Gasteiger partial charge < -0.3 is 0 Å². The van der Waals surface area contributed by atoms with Crippen LogP contribution in [0.5, 0.6) is 0 Å². The maximum Gasteiger partial charge on any atom is 0.116 e. The fourth-order valence-corrected chi connectivity index (χ4v) is 3.08. The summed E-state index contributed by atoms with van der Waals surface area (Å²) in [6.07, 6.45) is 0. The lowest BCUT2D eigenvalue weighted by Crippen LogP contribution is -2.01. The first-order valence-corrected chi connectivity index (χ1v) is 8.38. The van der Waals surface area contributed by atoms with Gasteiger partial charge in [0.15, 0.2) is 0 Å². The molecule has 0 amide bonds. The zero-order chi connectivity index (χ0) is 17.2. The van der Waals surface area contributed by atoms with E-state index in [0.717, 1.165) is 22.6 Å². The fraction of sp³-hybridized carbons (Fsp3) is 0.0909. The predicted octanol–water partition coefficient (Wildman–Crippen LogP) is 5.22. The first-order chi connectivity index (χ1) is 12.2. The third kappa shape index (κ3) is 2.85. The highest BCUT2D eigenvalue weighted by molar-refractivity contribution is 5.69. The van der Waals surface area contributed by atoms with Crippen LogP contribution >= 0.6 is 0 Å². The van der Waals surface area contributed by atoms with Gasteiger partial charge in [-0.25, -0.2) is 4.68 Å². The molecular formula is C22H19N3. The minimum atomic E-state index is 0.919. The van der Waals surface area contributed by atoms with E-state index in [9.17, 15) is 0 Å². The van der Waals surface area contributed by atoms with E-state index in [4.69, 9.17) is 0 Å². The van der Waals surface area contributed by atoms with Gasteiger partial charge in [-0.05, 0) is 36.6 Å². The summed E-state index contributed by atoms with van der Waals surface area (Å²) in [7, 11) is 0. The summed E-state index contributed by atoms with van der Waals surface area (Å²) < 4.78 is 1.91. The average Bonchev–Trinajstić information content (AvgIpc) is 3.04. The van der Waals surface area contributed by atoms with E-state index < -0.39 is 0 Å². The molecule has 0 aliphatic carbocycles. The van der Waals surface area contributed by atoms with E-state index in [1.165, 1.54) is 16.7 Å². The van der Waals surface area contributed by atoms with Gasteiger partial charge in [0.1, 0.15) is 5.69 Å². The molecular weight excluding hydrogens is 306 g/mol. The highest BCUT2D eigenvalue weighted by Gasteiger charge is 2.13. The Bertz CT molecular complexity index is 999. The molecule has 1 aromatic heterocycles. The molecule has 122 valence electrons. The molecule has 0 saturated heterocycles. The van der Waals surface area contributed by atoms with Gasteiger partial charge in [0.2, 0.25) is 0 Å². The van der Waals surface area contributed by atoms with Gasteiger partial charge in [-0.1, -0.05) is 78.0 Å². The number of hydrogen-bond donors (Lipinski definition) is 0. The van der Waals surface area contributed by atoms with Crippen LogP contribution in [-0.4, -0.2) is 15.0 Å². The summed E-state index contributed by atoms with van der Waals surface area (Å²) in [6, 6.07) is 27.1. The Morgan fingerprint density at radius 3 is 1.96 bits per heavy atom. The van der Waals surface area contributed by atoms with Crippen molar-refractivity contribution >= 4 is 0 Å². The van der Waals surface area contributed by atoms with E-state index in [1.54, 1.807) is 0 Å². The second kappa shape index (κ2) is 6.36. The van der Waals surface area contributed by atoms with Gasteiger partial charge in [-0.15, -0.1) is 5.10 Å². The minimum absolute atomic E-state index is 0.919. The molecule has 0 atom stereocenters. The number of hydrogen-bond acceptors (Lipinski definition) is 2. The van der Waals surface area contributed by atoms with Crippen LogP contribution in [0.2, 0.25) is 0 Å². The topological polar surface area (TPSA) is 30.7 Å². The molecule has 0 aliphatic rings. The van der Waals surface area contributed by atoms with Gasteiger partial charge in [0.25, 0.3) is 0 Å². The summed E-state index contributed by atoms with van der Waals surface area (Å²) in [5.74, 6) is 0. The van der Waals surface area contributed by atoms with Crippen molar-refractivity contribution in [2.24, 2.45) is 0 Å². The van der Waals surface area contributed by atoms with Crippen molar-refractivity contribution in [2.75, 3.05) is 0 Å². The van der Waals surface area contributed by atoms with Gasteiger partial charge in [0.05, 0.1) is 11.4 Å². The fourth-order valence-electron chi connectivity index (χ4n) is 3.08. The van der Waals surface area contributed by atoms with Crippen LogP contribution in [0, 0.1) is 13.8 Å². The molecule has 0 fully saturated rings. The highest BCUT2D eigenvalue weighted by atomic mass is 15.4. The lowest BCUT2D eigenvalue weighted by Gasteiger charge is -2.07. The highest BCUT2D eigenvalue weighted by Crippen LogP contribution is 2.27. The third-order valence-corrected chi connectivity index (χ3v) is 4.50. The number of para-hydroxylation sites is 1. The number of rotatable bonds is 3. The number of nitrogens with zero attached hydrogens (tertiary/aromatic N) is 3. The molecule has 4 rings (SSSR count). The number of aryl methyl sites for hydroxylation is 1. The molecule has 0 N–H and O–H groups in total. The van der Waals surface area contributed by atoms with E-state index in [-0.39, 0.29) is 0 Å². The van der Waals surface area contributed by atoms with Crippen molar-refractivity contribution in [3.05, 3.63) is 90.1 Å².